The summed E-state index contributed by atoms with van der Waals surface area (Å²) in [5, 5.41) is 3.31. The summed E-state index contributed by atoms with van der Waals surface area (Å²) in [6.45, 7) is 8.75. The third-order valence-corrected chi connectivity index (χ3v) is 7.14. The summed E-state index contributed by atoms with van der Waals surface area (Å²) in [6, 6.07) is 16.3. The molecular formula is C23H30N4O3S. The van der Waals surface area contributed by atoms with Gasteiger partial charge in [-0.05, 0) is 56.4 Å². The van der Waals surface area contributed by atoms with Crippen LogP contribution in [0.5, 0.6) is 0 Å². The zero-order chi connectivity index (χ0) is 22.3. The molecule has 8 heteroatoms. The van der Waals surface area contributed by atoms with Crippen LogP contribution in [0.25, 0.3) is 0 Å². The molecule has 7 nitrogen and oxygen atoms in total. The Hall–Kier alpha value is -2.84. The molecule has 0 aliphatic heterocycles. The molecule has 0 saturated carbocycles. The van der Waals surface area contributed by atoms with Crippen LogP contribution in [-0.4, -0.2) is 44.5 Å². The largest absolute Gasteiger partial charge is 0.468 e. The average Bonchev–Trinajstić information content (AvgIpc) is 3.32. The molecule has 2 aromatic heterocycles. The van der Waals surface area contributed by atoms with Crippen molar-refractivity contribution in [1.29, 1.82) is 0 Å². The number of aromatic nitrogens is 1. The second-order valence-corrected chi connectivity index (χ2v) is 8.88. The number of likely N-dealkylation sites (N-methyl/N-ethyl adjacent to an activating group) is 1. The van der Waals surface area contributed by atoms with Gasteiger partial charge in [-0.1, -0.05) is 32.0 Å². The number of hydrogen-bond donors (Lipinski definition) is 1. The van der Waals surface area contributed by atoms with Gasteiger partial charge in [-0.15, -0.1) is 0 Å². The molecule has 0 saturated heterocycles. The number of pyridine rings is 1. The minimum Gasteiger partial charge on any atom is -0.468 e. The normalized spacial score (nSPS) is 12.6. The van der Waals surface area contributed by atoms with Crippen molar-refractivity contribution in [2.24, 2.45) is 0 Å². The summed E-state index contributed by atoms with van der Waals surface area (Å²) in [5.41, 5.74) is 0.632. The molecule has 3 aromatic rings. The fourth-order valence-corrected chi connectivity index (χ4v) is 5.03. The van der Waals surface area contributed by atoms with Crippen LogP contribution in [0, 0.1) is 0 Å². The third kappa shape index (κ3) is 5.26. The SMILES string of the molecule is CCN(CC)C(CNc1ccc(S(=O)(=O)N(CC)c2ccccc2)cn1)c1ccco1. The molecule has 1 atom stereocenters. The van der Waals surface area contributed by atoms with Crippen molar-refractivity contribution in [3.8, 4) is 0 Å². The second-order valence-electron chi connectivity index (χ2n) is 7.02. The summed E-state index contributed by atoms with van der Waals surface area (Å²) in [6.07, 6.45) is 3.08. The Balaban J connectivity index is 1.75. The van der Waals surface area contributed by atoms with E-state index < -0.39 is 10.0 Å². The van der Waals surface area contributed by atoms with Gasteiger partial charge in [0, 0.05) is 19.3 Å². The Morgan fingerprint density at radius 3 is 2.26 bits per heavy atom. The zero-order valence-corrected chi connectivity index (χ0v) is 19.0. The molecule has 0 radical (unpaired) electrons. The first-order valence-electron chi connectivity index (χ1n) is 10.6. The van der Waals surface area contributed by atoms with E-state index in [1.54, 1.807) is 30.5 Å². The van der Waals surface area contributed by atoms with E-state index in [4.69, 9.17) is 4.42 Å². The Bertz CT molecular complexity index is 1020. The number of para-hydroxylation sites is 1. The maximum Gasteiger partial charge on any atom is 0.265 e. The van der Waals surface area contributed by atoms with Crippen molar-refractivity contribution in [1.82, 2.24) is 9.88 Å². The molecule has 1 aromatic carbocycles. The number of rotatable bonds is 11. The number of furan rings is 1. The number of anilines is 2. The lowest BCUT2D eigenvalue weighted by atomic mass is 10.2. The van der Waals surface area contributed by atoms with Gasteiger partial charge in [0.25, 0.3) is 10.0 Å². The van der Waals surface area contributed by atoms with Crippen LogP contribution in [0.4, 0.5) is 11.5 Å². The molecule has 0 fully saturated rings. The number of nitrogens with one attached hydrogen (secondary N) is 1. The molecule has 2 heterocycles. The lowest BCUT2D eigenvalue weighted by Gasteiger charge is -2.28. The van der Waals surface area contributed by atoms with Crippen molar-refractivity contribution in [3.05, 3.63) is 72.8 Å². The molecule has 0 spiro atoms. The topological polar surface area (TPSA) is 78.7 Å². The number of benzene rings is 1. The highest BCUT2D eigenvalue weighted by molar-refractivity contribution is 7.92. The standard InChI is InChI=1S/C23H30N4O3S/c1-4-26(5-2)21(22-13-10-16-30-22)18-25-23-15-14-20(17-24-23)31(28,29)27(6-3)19-11-8-7-9-12-19/h7-17,21H,4-6,18H2,1-3H3,(H,24,25). The highest BCUT2D eigenvalue weighted by Gasteiger charge is 2.24. The van der Waals surface area contributed by atoms with E-state index in [2.05, 4.69) is 29.0 Å². The molecular weight excluding hydrogens is 412 g/mol. The van der Waals surface area contributed by atoms with Crippen LogP contribution in [-0.2, 0) is 10.0 Å². The molecule has 31 heavy (non-hydrogen) atoms. The maximum absolute atomic E-state index is 13.1. The molecule has 1 N–H and O–H groups in total. The van der Waals surface area contributed by atoms with Crippen molar-refractivity contribution < 1.29 is 12.8 Å². The Labute approximate surface area is 184 Å². The van der Waals surface area contributed by atoms with E-state index >= 15 is 0 Å². The predicted octanol–water partition coefficient (Wildman–Crippen LogP) is 4.38. The lowest BCUT2D eigenvalue weighted by molar-refractivity contribution is 0.202. The maximum atomic E-state index is 13.1. The van der Waals surface area contributed by atoms with E-state index in [0.717, 1.165) is 18.8 Å². The molecule has 0 aliphatic rings. The van der Waals surface area contributed by atoms with Gasteiger partial charge in [0.2, 0.25) is 0 Å². The van der Waals surface area contributed by atoms with Gasteiger partial charge >= 0.3 is 0 Å². The summed E-state index contributed by atoms with van der Waals surface area (Å²) < 4.78 is 33.2. The van der Waals surface area contributed by atoms with Crippen molar-refractivity contribution in [2.45, 2.75) is 31.7 Å². The van der Waals surface area contributed by atoms with E-state index in [1.165, 1.54) is 10.5 Å². The quantitative estimate of drug-likeness (QED) is 0.475. The molecule has 0 amide bonds. The lowest BCUT2D eigenvalue weighted by Crippen LogP contribution is -2.33. The number of nitrogens with zero attached hydrogens (tertiary/aromatic N) is 3. The first-order chi connectivity index (χ1) is 15.0. The first-order valence-corrected chi connectivity index (χ1v) is 12.0. The molecule has 1 unspecified atom stereocenters. The van der Waals surface area contributed by atoms with E-state index in [0.29, 0.717) is 24.6 Å². The van der Waals surface area contributed by atoms with Crippen LogP contribution in [0.2, 0.25) is 0 Å². The molecule has 3 rings (SSSR count). The van der Waals surface area contributed by atoms with Gasteiger partial charge in [-0.3, -0.25) is 9.21 Å². The third-order valence-electron chi connectivity index (χ3n) is 5.26. The summed E-state index contributed by atoms with van der Waals surface area (Å²) >= 11 is 0. The fraction of sp³-hybridized carbons (Fsp3) is 0.348. The smallest absolute Gasteiger partial charge is 0.265 e. The van der Waals surface area contributed by atoms with Crippen LogP contribution in [0.3, 0.4) is 0 Å². The van der Waals surface area contributed by atoms with Gasteiger partial charge in [0.05, 0.1) is 18.0 Å². The molecule has 0 bridgehead atoms. The minimum absolute atomic E-state index is 0.0591. The van der Waals surface area contributed by atoms with Gasteiger partial charge in [-0.25, -0.2) is 13.4 Å². The fourth-order valence-electron chi connectivity index (χ4n) is 3.61. The van der Waals surface area contributed by atoms with Crippen LogP contribution >= 0.6 is 0 Å². The minimum atomic E-state index is -3.69. The highest BCUT2D eigenvalue weighted by atomic mass is 32.2. The second kappa shape index (κ2) is 10.5. The van der Waals surface area contributed by atoms with E-state index in [1.807, 2.05) is 37.3 Å². The zero-order valence-electron chi connectivity index (χ0n) is 18.2. The van der Waals surface area contributed by atoms with Gasteiger partial charge in [0.15, 0.2) is 0 Å². The van der Waals surface area contributed by atoms with E-state index in [9.17, 15) is 8.42 Å². The molecule has 166 valence electrons. The Morgan fingerprint density at radius 1 is 0.968 bits per heavy atom. The van der Waals surface area contributed by atoms with Crippen LogP contribution < -0.4 is 9.62 Å². The number of sulfonamides is 1. The number of hydrogen-bond acceptors (Lipinski definition) is 6. The van der Waals surface area contributed by atoms with E-state index in [-0.39, 0.29) is 10.9 Å². The van der Waals surface area contributed by atoms with Crippen LogP contribution in [0.15, 0.2) is 76.4 Å². The van der Waals surface area contributed by atoms with Gasteiger partial charge in [-0.2, -0.15) is 0 Å². The highest BCUT2D eigenvalue weighted by Crippen LogP contribution is 2.24. The first kappa shape index (κ1) is 22.8. The van der Waals surface area contributed by atoms with Crippen molar-refractivity contribution >= 4 is 21.5 Å². The van der Waals surface area contributed by atoms with Gasteiger partial charge in [0.1, 0.15) is 16.5 Å². The van der Waals surface area contributed by atoms with Crippen LogP contribution in [0.1, 0.15) is 32.6 Å². The average molecular weight is 443 g/mol. The Morgan fingerprint density at radius 2 is 1.71 bits per heavy atom. The Kier molecular flexibility index (Phi) is 7.70. The monoisotopic (exact) mass is 442 g/mol. The summed E-state index contributed by atoms with van der Waals surface area (Å²) in [5.74, 6) is 1.50. The summed E-state index contributed by atoms with van der Waals surface area (Å²) in [4.78, 5) is 6.81. The predicted molar refractivity (Wildman–Crippen MR) is 124 cm³/mol. The van der Waals surface area contributed by atoms with Gasteiger partial charge < -0.3 is 9.73 Å². The van der Waals surface area contributed by atoms with Crippen molar-refractivity contribution in [3.63, 3.8) is 0 Å². The summed E-state index contributed by atoms with van der Waals surface area (Å²) in [7, 11) is -3.69. The van der Waals surface area contributed by atoms with Crippen molar-refractivity contribution in [2.75, 3.05) is 35.8 Å². The molecule has 0 aliphatic carbocycles.